The Kier molecular flexibility index (Phi) is 46.9. The number of epoxide rings is 2. The second-order valence-electron chi connectivity index (χ2n) is 3.77. The zero-order valence-electron chi connectivity index (χ0n) is 12.3. The van der Waals surface area contributed by atoms with Crippen LogP contribution in [0.25, 0.3) is 0 Å². The Labute approximate surface area is 158 Å². The molecule has 6 nitrogen and oxygen atoms in total. The average molecular weight is 343 g/mol. The first-order chi connectivity index (χ1) is 7.67. The van der Waals surface area contributed by atoms with Crippen molar-refractivity contribution >= 4 is 11.6 Å². The van der Waals surface area contributed by atoms with E-state index in [9.17, 15) is 0 Å². The van der Waals surface area contributed by atoms with Crippen LogP contribution in [0.4, 0.5) is 0 Å². The normalized spacial score (nSPS) is 20.4. The largest absolute Gasteiger partial charge is 1.00 e. The van der Waals surface area contributed by atoms with E-state index in [1.165, 1.54) is 6.42 Å². The van der Waals surface area contributed by atoms with Gasteiger partial charge in [-0.15, -0.1) is 11.6 Å². The van der Waals surface area contributed by atoms with Gasteiger partial charge >= 0.3 is 29.6 Å². The minimum Gasteiger partial charge on any atom is -0.870 e. The summed E-state index contributed by atoms with van der Waals surface area (Å²) in [7, 11) is 0. The number of aliphatic hydroxyl groups excluding tert-OH is 1. The number of rotatable bonds is 4. The predicted molar refractivity (Wildman–Crippen MR) is 86.3 cm³/mol. The molecule has 0 bridgehead atoms. The Morgan fingerprint density at radius 3 is 1.57 bits per heavy atom. The number of hydrogen-bond acceptors (Lipinski definition) is 6. The van der Waals surface area contributed by atoms with Crippen LogP contribution in [-0.2, 0) is 9.47 Å². The van der Waals surface area contributed by atoms with E-state index < -0.39 is 0 Å². The van der Waals surface area contributed by atoms with Gasteiger partial charge in [0.05, 0.1) is 37.4 Å². The molecule has 2 aliphatic heterocycles. The molecule has 3 atom stereocenters. The van der Waals surface area contributed by atoms with E-state index >= 15 is 0 Å². The van der Waals surface area contributed by atoms with E-state index in [1.54, 1.807) is 0 Å². The van der Waals surface area contributed by atoms with Crippen LogP contribution in [0.3, 0.4) is 0 Å². The summed E-state index contributed by atoms with van der Waals surface area (Å²) >= 11 is 5.27. The van der Waals surface area contributed by atoms with Crippen LogP contribution in [0.15, 0.2) is 0 Å². The summed E-state index contributed by atoms with van der Waals surface area (Å²) in [6.07, 6.45) is 2.70. The quantitative estimate of drug-likeness (QED) is 0.354. The van der Waals surface area contributed by atoms with Crippen molar-refractivity contribution in [1.29, 1.82) is 0 Å². The Morgan fingerprint density at radius 1 is 1.19 bits per heavy atom. The molecular formula is C13H36ClN2NaO4. The van der Waals surface area contributed by atoms with Crippen LogP contribution < -0.4 is 41.4 Å². The molecule has 0 amide bonds. The summed E-state index contributed by atoms with van der Waals surface area (Å²) in [5.74, 6) is 0.667. The number of halogens is 1. The fourth-order valence-corrected chi connectivity index (χ4v) is 0.806. The van der Waals surface area contributed by atoms with E-state index in [1.807, 2.05) is 6.92 Å². The van der Waals surface area contributed by atoms with Crippen molar-refractivity contribution in [3.63, 3.8) is 0 Å². The van der Waals surface area contributed by atoms with Crippen molar-refractivity contribution in [3.05, 3.63) is 0 Å². The van der Waals surface area contributed by atoms with E-state index in [2.05, 4.69) is 6.92 Å². The molecule has 2 fully saturated rings. The molecule has 2 rings (SSSR count). The Bertz CT molecular complexity index is 149. The SMILES string of the molecule is C.C.CCC(O)CN.CCC1CO1.ClCC1CO1.N.[Na+].[OH-]. The van der Waals surface area contributed by atoms with Crippen LogP contribution >= 0.6 is 11.6 Å². The summed E-state index contributed by atoms with van der Waals surface area (Å²) in [5, 5.41) is 8.54. The third-order valence-electron chi connectivity index (χ3n) is 2.18. The molecule has 21 heavy (non-hydrogen) atoms. The first kappa shape index (κ1) is 37.9. The van der Waals surface area contributed by atoms with Crippen molar-refractivity contribution in [2.24, 2.45) is 5.73 Å². The van der Waals surface area contributed by atoms with Crippen LogP contribution in [0.2, 0.25) is 0 Å². The molecule has 3 unspecified atom stereocenters. The third-order valence-corrected chi connectivity index (χ3v) is 2.52. The Balaban J connectivity index is -0.0000000359. The van der Waals surface area contributed by atoms with Crippen LogP contribution in [0.1, 0.15) is 41.5 Å². The second kappa shape index (κ2) is 26.0. The summed E-state index contributed by atoms with van der Waals surface area (Å²) in [6.45, 7) is 6.31. The number of hydrogen-bond donors (Lipinski definition) is 3. The molecule has 130 valence electrons. The van der Waals surface area contributed by atoms with Crippen LogP contribution in [0, 0.1) is 0 Å². The van der Waals surface area contributed by atoms with Gasteiger partial charge in [0.1, 0.15) is 0 Å². The van der Waals surface area contributed by atoms with Gasteiger partial charge < -0.3 is 31.9 Å². The molecule has 0 spiro atoms. The smallest absolute Gasteiger partial charge is 0.870 e. The van der Waals surface area contributed by atoms with Gasteiger partial charge in [-0.05, 0) is 12.8 Å². The van der Waals surface area contributed by atoms with Gasteiger partial charge in [0.25, 0.3) is 0 Å². The minimum atomic E-state index is -0.287. The first-order valence-electron chi connectivity index (χ1n) is 5.85. The summed E-state index contributed by atoms with van der Waals surface area (Å²) in [5.41, 5.74) is 5.03. The zero-order valence-corrected chi connectivity index (χ0v) is 15.1. The molecule has 8 heteroatoms. The van der Waals surface area contributed by atoms with Crippen LogP contribution in [0.5, 0.6) is 0 Å². The van der Waals surface area contributed by atoms with Gasteiger partial charge in [-0.1, -0.05) is 28.7 Å². The molecule has 0 aliphatic carbocycles. The molecule has 2 heterocycles. The van der Waals surface area contributed by atoms with Crippen molar-refractivity contribution in [1.82, 2.24) is 6.15 Å². The summed E-state index contributed by atoms with van der Waals surface area (Å²) in [6, 6.07) is 0. The number of alkyl halides is 1. The van der Waals surface area contributed by atoms with E-state index in [0.717, 1.165) is 19.6 Å². The van der Waals surface area contributed by atoms with E-state index in [-0.39, 0.29) is 62.1 Å². The fourth-order valence-electron chi connectivity index (χ4n) is 0.628. The van der Waals surface area contributed by atoms with Crippen molar-refractivity contribution in [2.75, 3.05) is 25.6 Å². The molecule has 2 saturated heterocycles. The van der Waals surface area contributed by atoms with Gasteiger partial charge in [0.15, 0.2) is 0 Å². The van der Waals surface area contributed by atoms with E-state index in [4.69, 9.17) is 31.9 Å². The van der Waals surface area contributed by atoms with Gasteiger partial charge in [0, 0.05) is 6.54 Å². The third kappa shape index (κ3) is 33.7. The Morgan fingerprint density at radius 2 is 1.57 bits per heavy atom. The topological polar surface area (TPSA) is 136 Å². The van der Waals surface area contributed by atoms with Gasteiger partial charge in [-0.3, -0.25) is 0 Å². The van der Waals surface area contributed by atoms with Gasteiger partial charge in [-0.2, -0.15) is 0 Å². The maximum absolute atomic E-state index is 8.54. The molecular weight excluding hydrogens is 307 g/mol. The predicted octanol–water partition coefficient (Wildman–Crippen LogP) is -0.603. The van der Waals surface area contributed by atoms with Crippen molar-refractivity contribution in [3.8, 4) is 0 Å². The summed E-state index contributed by atoms with van der Waals surface area (Å²) in [4.78, 5) is 0. The van der Waals surface area contributed by atoms with Gasteiger partial charge in [0.2, 0.25) is 0 Å². The molecule has 0 aromatic heterocycles. The Hall–Kier alpha value is 1.05. The summed E-state index contributed by atoms with van der Waals surface area (Å²) < 4.78 is 9.58. The van der Waals surface area contributed by atoms with Crippen LogP contribution in [-0.4, -0.2) is 54.5 Å². The molecule has 0 radical (unpaired) electrons. The molecule has 2 aliphatic rings. The molecule has 0 saturated carbocycles. The maximum atomic E-state index is 8.54. The zero-order chi connectivity index (χ0) is 12.4. The monoisotopic (exact) mass is 342 g/mol. The number of nitrogens with two attached hydrogens (primary N) is 1. The first-order valence-corrected chi connectivity index (χ1v) is 6.38. The maximum Gasteiger partial charge on any atom is 1.00 e. The number of aliphatic hydroxyl groups is 1. The standard InChI is InChI=1S/C4H11NO.C4H8O.C3H5ClO.2CH4.H3N.Na.H2O/c1-2-4(6)3-5;1-2-4-3-5-4;4-1-3-2-5-3;;;;;/h4,6H,2-3,5H2,1H3;4H,2-3H2,1H3;3H,1-2H2;2*1H4;1H3;;1H2/q;;;;;;+1;/p-1. The second-order valence-corrected chi connectivity index (χ2v) is 4.08. The fraction of sp³-hybridized carbons (Fsp3) is 1.00. The molecule has 0 aromatic carbocycles. The minimum absolute atomic E-state index is 0. The molecule has 7 N–H and O–H groups in total. The van der Waals surface area contributed by atoms with E-state index in [0.29, 0.717) is 24.6 Å². The van der Waals surface area contributed by atoms with Crippen molar-refractivity contribution in [2.45, 2.75) is 59.9 Å². The number of ether oxygens (including phenoxy) is 2. The van der Waals surface area contributed by atoms with Crippen molar-refractivity contribution < 1.29 is 49.6 Å². The average Bonchev–Trinajstić information content (AvgIpc) is 3.23. The van der Waals surface area contributed by atoms with Gasteiger partial charge in [-0.25, -0.2) is 0 Å². The molecule has 0 aromatic rings.